The van der Waals surface area contributed by atoms with Gasteiger partial charge in [-0.15, -0.1) is 0 Å². The Labute approximate surface area is 288 Å². The van der Waals surface area contributed by atoms with Crippen molar-refractivity contribution in [2.45, 2.75) is 36.9 Å². The van der Waals surface area contributed by atoms with E-state index in [0.29, 0.717) is 15.4 Å². The molecule has 9 nitrogen and oxygen atoms in total. The molecule has 6 rings (SSSR count). The van der Waals surface area contributed by atoms with Crippen molar-refractivity contribution in [2.75, 3.05) is 11.4 Å². The van der Waals surface area contributed by atoms with Gasteiger partial charge in [-0.05, 0) is 47.7 Å². The molecule has 15 heteroatoms. The van der Waals surface area contributed by atoms with Crippen molar-refractivity contribution in [1.29, 1.82) is 0 Å². The lowest BCUT2D eigenvalue weighted by molar-refractivity contribution is -0.121. The molecular formula is C36H27F5N2O7S. The molecule has 0 unspecified atom stereocenters. The normalized spacial score (nSPS) is 14.8. The lowest BCUT2D eigenvalue weighted by Crippen LogP contribution is -2.48. The number of amides is 1. The first-order chi connectivity index (χ1) is 24.4. The van der Waals surface area contributed by atoms with Crippen LogP contribution in [0.1, 0.15) is 34.3 Å². The van der Waals surface area contributed by atoms with Crippen molar-refractivity contribution in [3.05, 3.63) is 137 Å². The molecule has 1 aliphatic heterocycles. The van der Waals surface area contributed by atoms with Gasteiger partial charge in [0.1, 0.15) is 24.0 Å². The smallest absolute Gasteiger partial charge is 0.339 e. The third-order valence-electron chi connectivity index (χ3n) is 8.38. The van der Waals surface area contributed by atoms with Gasteiger partial charge in [0.05, 0.1) is 19.1 Å². The number of carbonyl (C=O) groups excluding carboxylic acids is 1. The Balaban J connectivity index is 1.40. The molecule has 0 saturated carbocycles. The number of anilines is 1. The molecule has 264 valence electrons. The van der Waals surface area contributed by atoms with Gasteiger partial charge in [0.25, 0.3) is 0 Å². The van der Waals surface area contributed by atoms with Crippen LogP contribution in [0, 0.1) is 29.1 Å². The fourth-order valence-electron chi connectivity index (χ4n) is 5.80. The molecule has 5 aromatic rings. The van der Waals surface area contributed by atoms with E-state index in [1.807, 2.05) is 0 Å². The number of halogens is 5. The van der Waals surface area contributed by atoms with Gasteiger partial charge in [-0.1, -0.05) is 54.6 Å². The zero-order valence-corrected chi connectivity index (χ0v) is 27.2. The molecule has 1 aromatic heterocycles. The quantitative estimate of drug-likeness (QED) is 0.0863. The number of furan rings is 1. The average molecular weight is 727 g/mol. The van der Waals surface area contributed by atoms with E-state index in [0.717, 1.165) is 16.0 Å². The van der Waals surface area contributed by atoms with E-state index < -0.39 is 68.5 Å². The topological polar surface area (TPSA) is 117 Å². The van der Waals surface area contributed by atoms with Gasteiger partial charge >= 0.3 is 5.97 Å². The van der Waals surface area contributed by atoms with Crippen LogP contribution in [0.25, 0.3) is 11.1 Å². The fraction of sp³-hybridized carbons (Fsp3) is 0.167. The van der Waals surface area contributed by atoms with Gasteiger partial charge in [0.2, 0.25) is 21.7 Å². The number of carboxylic acid groups (broad SMARTS) is 1. The number of benzene rings is 4. The summed E-state index contributed by atoms with van der Waals surface area (Å²) in [5.74, 6) is -14.9. The predicted octanol–water partition coefficient (Wildman–Crippen LogP) is 7.31. The molecule has 51 heavy (non-hydrogen) atoms. The van der Waals surface area contributed by atoms with Crippen LogP contribution in [-0.2, 0) is 28.0 Å². The summed E-state index contributed by atoms with van der Waals surface area (Å²) >= 11 is 0. The van der Waals surface area contributed by atoms with Crippen molar-refractivity contribution in [1.82, 2.24) is 4.31 Å². The van der Waals surface area contributed by atoms with Crippen LogP contribution >= 0.6 is 0 Å². The minimum Gasteiger partial charge on any atom is -0.488 e. The number of ether oxygens (including phenoxy) is 1. The number of nitrogens with zero attached hydrogens (tertiary/aromatic N) is 2. The zero-order valence-electron chi connectivity index (χ0n) is 26.4. The molecule has 1 amide bonds. The first-order valence-electron chi connectivity index (χ1n) is 15.4. The van der Waals surface area contributed by atoms with E-state index in [1.165, 1.54) is 30.7 Å². The third kappa shape index (κ3) is 6.94. The first kappa shape index (κ1) is 35.3. The molecular weight excluding hydrogens is 699 g/mol. The number of hydrogen-bond donors (Lipinski definition) is 1. The summed E-state index contributed by atoms with van der Waals surface area (Å²) < 4.78 is 110. The van der Waals surface area contributed by atoms with Crippen LogP contribution in [0.3, 0.4) is 0 Å². The van der Waals surface area contributed by atoms with Crippen molar-refractivity contribution in [3.63, 3.8) is 0 Å². The van der Waals surface area contributed by atoms with Crippen molar-refractivity contribution >= 4 is 27.6 Å². The Morgan fingerprint density at radius 3 is 2.14 bits per heavy atom. The molecule has 0 bridgehead atoms. The summed E-state index contributed by atoms with van der Waals surface area (Å²) in [6.07, 6.45) is 2.89. The molecule has 1 saturated heterocycles. The van der Waals surface area contributed by atoms with Gasteiger partial charge in [-0.2, -0.15) is 4.31 Å². The number of aromatic carboxylic acids is 1. The summed E-state index contributed by atoms with van der Waals surface area (Å²) in [4.78, 5) is 25.6. The SMILES string of the molecule is O=C(O)c1ccc(N(Cc2ccc(-c3ccoc3)cc2)C(=O)[C@H]2CCCN2S(=O)(=O)c2c(F)c(F)c(F)c(F)c2F)cc1OCc1ccccc1. The van der Waals surface area contributed by atoms with E-state index in [1.54, 1.807) is 60.7 Å². The predicted molar refractivity (Wildman–Crippen MR) is 173 cm³/mol. The average Bonchev–Trinajstić information content (AvgIpc) is 3.86. The second kappa shape index (κ2) is 14.4. The first-order valence-corrected chi connectivity index (χ1v) is 16.8. The van der Waals surface area contributed by atoms with Crippen molar-refractivity contribution in [2.24, 2.45) is 0 Å². The van der Waals surface area contributed by atoms with Gasteiger partial charge in [-0.3, -0.25) is 4.79 Å². The summed E-state index contributed by atoms with van der Waals surface area (Å²) in [7, 11) is -5.46. The standard InChI is InChI=1S/C36H27F5N2O7S/c37-29-30(38)32(40)34(33(41)31(29)39)51(47,48)43-15-4-7-27(43)35(44)42(18-21-8-10-23(11-9-21)24-14-16-49-20-24)25-12-13-26(36(45)46)28(17-25)50-19-22-5-2-1-3-6-22/h1-3,5-6,8-14,16-17,20,27H,4,7,15,18-19H2,(H,45,46)/t27-/m1/s1. The van der Waals surface area contributed by atoms with E-state index in [4.69, 9.17) is 9.15 Å². The second-order valence-electron chi connectivity index (χ2n) is 11.6. The number of sulfonamides is 1. The molecule has 4 aromatic carbocycles. The van der Waals surface area contributed by atoms with Crippen LogP contribution in [0.5, 0.6) is 5.75 Å². The molecule has 0 aliphatic carbocycles. The van der Waals surface area contributed by atoms with E-state index in [2.05, 4.69) is 0 Å². The Kier molecular flexibility index (Phi) is 9.94. The highest BCUT2D eigenvalue weighted by atomic mass is 32.2. The maximum absolute atomic E-state index is 14.8. The highest BCUT2D eigenvalue weighted by Gasteiger charge is 2.45. The molecule has 1 fully saturated rings. The second-order valence-corrected chi connectivity index (χ2v) is 13.4. The molecule has 0 spiro atoms. The Bertz CT molecular complexity index is 2170. The molecule has 2 heterocycles. The van der Waals surface area contributed by atoms with Crippen molar-refractivity contribution < 1.29 is 54.2 Å². The number of carbonyl (C=O) groups is 2. The van der Waals surface area contributed by atoms with Gasteiger partial charge < -0.3 is 19.2 Å². The van der Waals surface area contributed by atoms with E-state index >= 15 is 0 Å². The van der Waals surface area contributed by atoms with Crippen LogP contribution in [0.2, 0.25) is 0 Å². The number of carboxylic acids is 1. The summed E-state index contributed by atoms with van der Waals surface area (Å²) in [5, 5.41) is 9.87. The maximum atomic E-state index is 14.8. The monoisotopic (exact) mass is 726 g/mol. The van der Waals surface area contributed by atoms with E-state index in [9.17, 15) is 45.1 Å². The minimum atomic E-state index is -5.46. The van der Waals surface area contributed by atoms with Crippen LogP contribution in [0.15, 0.2) is 101 Å². The Morgan fingerprint density at radius 1 is 0.843 bits per heavy atom. The number of hydrogen-bond acceptors (Lipinski definition) is 6. The Morgan fingerprint density at radius 2 is 1.51 bits per heavy atom. The molecule has 1 aliphatic rings. The lowest BCUT2D eigenvalue weighted by Gasteiger charge is -2.30. The van der Waals surface area contributed by atoms with Gasteiger partial charge in [0, 0.05) is 23.9 Å². The maximum Gasteiger partial charge on any atom is 0.339 e. The van der Waals surface area contributed by atoms with Crippen LogP contribution < -0.4 is 9.64 Å². The summed E-state index contributed by atoms with van der Waals surface area (Å²) in [6, 6.07) is 19.6. The Hall–Kier alpha value is -5.54. The number of rotatable bonds is 11. The lowest BCUT2D eigenvalue weighted by atomic mass is 10.1. The zero-order chi connectivity index (χ0) is 36.4. The minimum absolute atomic E-state index is 0.0155. The highest BCUT2D eigenvalue weighted by molar-refractivity contribution is 7.89. The van der Waals surface area contributed by atoms with Gasteiger partial charge in [0.15, 0.2) is 28.2 Å². The van der Waals surface area contributed by atoms with Crippen molar-refractivity contribution in [3.8, 4) is 16.9 Å². The fourth-order valence-corrected chi connectivity index (χ4v) is 7.57. The van der Waals surface area contributed by atoms with E-state index in [-0.39, 0.29) is 43.0 Å². The summed E-state index contributed by atoms with van der Waals surface area (Å²) in [5.41, 5.74) is 2.65. The third-order valence-corrected chi connectivity index (χ3v) is 10.3. The van der Waals surface area contributed by atoms with Gasteiger partial charge in [-0.25, -0.2) is 35.2 Å². The molecule has 0 radical (unpaired) electrons. The van der Waals surface area contributed by atoms with Crippen LogP contribution in [-0.4, -0.2) is 42.3 Å². The molecule has 1 atom stereocenters. The highest BCUT2D eigenvalue weighted by Crippen LogP contribution is 2.35. The largest absolute Gasteiger partial charge is 0.488 e. The molecule has 1 N–H and O–H groups in total. The van der Waals surface area contributed by atoms with Crippen LogP contribution in [0.4, 0.5) is 27.6 Å². The summed E-state index contributed by atoms with van der Waals surface area (Å²) in [6.45, 7) is -0.707.